The van der Waals surface area contributed by atoms with Gasteiger partial charge in [-0.3, -0.25) is 0 Å². The van der Waals surface area contributed by atoms with E-state index in [4.69, 9.17) is 9.15 Å². The third kappa shape index (κ3) is 4.37. The molecule has 7 nitrogen and oxygen atoms in total. The fourth-order valence-electron chi connectivity index (χ4n) is 2.62. The highest BCUT2D eigenvalue weighted by Crippen LogP contribution is 2.22. The van der Waals surface area contributed by atoms with E-state index in [2.05, 4.69) is 15.6 Å². The number of nitrogens with one attached hydrogen (secondary N) is 2. The molecule has 0 radical (unpaired) electrons. The molecule has 3 rings (SSSR count). The summed E-state index contributed by atoms with van der Waals surface area (Å²) in [4.78, 5) is 28.5. The van der Waals surface area contributed by atoms with Crippen LogP contribution in [0.1, 0.15) is 27.4 Å². The first-order valence-electron chi connectivity index (χ1n) is 8.73. The summed E-state index contributed by atoms with van der Waals surface area (Å²) in [6.07, 6.45) is 0. The minimum absolute atomic E-state index is 0.188. The molecule has 2 aromatic carbocycles. The molecule has 0 saturated heterocycles. The smallest absolute Gasteiger partial charge is 0.339 e. The van der Waals surface area contributed by atoms with Crippen LogP contribution in [0.2, 0.25) is 0 Å². The second-order valence-electron chi connectivity index (χ2n) is 6.23. The second-order valence-corrected chi connectivity index (χ2v) is 6.23. The molecule has 2 amide bonds. The summed E-state index contributed by atoms with van der Waals surface area (Å²) < 4.78 is 10.4. The van der Waals surface area contributed by atoms with Gasteiger partial charge in [-0.2, -0.15) is 0 Å². The maximum atomic E-state index is 12.2. The third-order valence-corrected chi connectivity index (χ3v) is 4.19. The number of hydrogen-bond donors (Lipinski definition) is 2. The van der Waals surface area contributed by atoms with Crippen LogP contribution in [0.3, 0.4) is 0 Å². The van der Waals surface area contributed by atoms with Crippen LogP contribution in [-0.2, 0) is 11.3 Å². The highest BCUT2D eigenvalue weighted by Gasteiger charge is 2.15. The standard InChI is InChI=1S/C21H21N3O4/c1-13-8-10-15(11-9-13)19-23-18(14(2)28-19)12-22-21(26)24-17-7-5-4-6-16(17)20(25)27-3/h4-11H,12H2,1-3H3,(H2,22,24,26). The number of rotatable bonds is 5. The Kier molecular flexibility index (Phi) is 5.74. The average molecular weight is 379 g/mol. The number of carbonyl (C=O) groups is 2. The molecule has 0 aliphatic rings. The van der Waals surface area contributed by atoms with Crippen molar-refractivity contribution in [3.05, 3.63) is 71.1 Å². The Bertz CT molecular complexity index is 993. The first kappa shape index (κ1) is 19.2. The lowest BCUT2D eigenvalue weighted by atomic mass is 10.1. The lowest BCUT2D eigenvalue weighted by Gasteiger charge is -2.10. The van der Waals surface area contributed by atoms with Gasteiger partial charge in [-0.15, -0.1) is 0 Å². The van der Waals surface area contributed by atoms with Gasteiger partial charge < -0.3 is 19.8 Å². The molecule has 144 valence electrons. The lowest BCUT2D eigenvalue weighted by molar-refractivity contribution is 0.0602. The first-order valence-corrected chi connectivity index (χ1v) is 8.73. The number of aromatic nitrogens is 1. The summed E-state index contributed by atoms with van der Waals surface area (Å²) in [6, 6.07) is 14.0. The van der Waals surface area contributed by atoms with Crippen molar-refractivity contribution >= 4 is 17.7 Å². The molecule has 1 heterocycles. The van der Waals surface area contributed by atoms with Crippen molar-refractivity contribution in [3.8, 4) is 11.5 Å². The predicted molar refractivity (Wildman–Crippen MR) is 105 cm³/mol. The zero-order valence-corrected chi connectivity index (χ0v) is 15.9. The maximum absolute atomic E-state index is 12.2. The number of esters is 1. The van der Waals surface area contributed by atoms with Crippen LogP contribution in [0.5, 0.6) is 0 Å². The summed E-state index contributed by atoms with van der Waals surface area (Å²) in [5, 5.41) is 5.37. The Balaban J connectivity index is 1.66. The minimum atomic E-state index is -0.522. The van der Waals surface area contributed by atoms with Crippen LogP contribution in [0, 0.1) is 13.8 Å². The van der Waals surface area contributed by atoms with Crippen molar-refractivity contribution in [2.24, 2.45) is 0 Å². The van der Waals surface area contributed by atoms with Crippen molar-refractivity contribution in [1.82, 2.24) is 10.3 Å². The van der Waals surface area contributed by atoms with E-state index >= 15 is 0 Å². The number of nitrogens with zero attached hydrogens (tertiary/aromatic N) is 1. The molecule has 0 aliphatic carbocycles. The molecule has 2 N–H and O–H groups in total. The van der Waals surface area contributed by atoms with Crippen molar-refractivity contribution in [2.45, 2.75) is 20.4 Å². The molecule has 3 aromatic rings. The monoisotopic (exact) mass is 379 g/mol. The highest BCUT2D eigenvalue weighted by atomic mass is 16.5. The Labute approximate surface area is 162 Å². The highest BCUT2D eigenvalue weighted by molar-refractivity contribution is 6.00. The van der Waals surface area contributed by atoms with Crippen molar-refractivity contribution in [2.75, 3.05) is 12.4 Å². The van der Waals surface area contributed by atoms with Crippen LogP contribution in [-0.4, -0.2) is 24.1 Å². The number of amides is 2. The number of aryl methyl sites for hydroxylation is 2. The molecular weight excluding hydrogens is 358 g/mol. The summed E-state index contributed by atoms with van der Waals surface area (Å²) in [6.45, 7) is 4.00. The number of methoxy groups -OCH3 is 1. The van der Waals surface area contributed by atoms with Crippen molar-refractivity contribution < 1.29 is 18.7 Å². The van der Waals surface area contributed by atoms with E-state index in [-0.39, 0.29) is 12.1 Å². The van der Waals surface area contributed by atoms with Gasteiger partial charge in [-0.05, 0) is 38.1 Å². The van der Waals surface area contributed by atoms with Crippen molar-refractivity contribution in [1.29, 1.82) is 0 Å². The number of oxazole rings is 1. The van der Waals surface area contributed by atoms with Gasteiger partial charge in [0.1, 0.15) is 11.5 Å². The van der Waals surface area contributed by atoms with Gasteiger partial charge in [0, 0.05) is 5.56 Å². The summed E-state index contributed by atoms with van der Waals surface area (Å²) in [5.74, 6) is 0.613. The Hall–Kier alpha value is -3.61. The van der Waals surface area contributed by atoms with Gasteiger partial charge in [-0.1, -0.05) is 29.8 Å². The molecule has 0 fully saturated rings. The Morgan fingerprint density at radius 2 is 1.79 bits per heavy atom. The van der Waals surface area contributed by atoms with E-state index in [1.807, 2.05) is 31.2 Å². The third-order valence-electron chi connectivity index (χ3n) is 4.19. The molecule has 0 spiro atoms. The molecule has 7 heteroatoms. The molecule has 28 heavy (non-hydrogen) atoms. The second kappa shape index (κ2) is 8.39. The molecular formula is C21H21N3O4. The van der Waals surface area contributed by atoms with Crippen LogP contribution in [0.25, 0.3) is 11.5 Å². The molecule has 0 aliphatic heterocycles. The molecule has 0 saturated carbocycles. The summed E-state index contributed by atoms with van der Waals surface area (Å²) in [7, 11) is 1.29. The molecule has 0 bridgehead atoms. The number of urea groups is 1. The van der Waals surface area contributed by atoms with Gasteiger partial charge in [0.25, 0.3) is 0 Å². The molecule has 1 aromatic heterocycles. The fourth-order valence-corrected chi connectivity index (χ4v) is 2.62. The number of hydrogen-bond acceptors (Lipinski definition) is 5. The largest absolute Gasteiger partial charge is 0.465 e. The molecule has 0 unspecified atom stereocenters. The van der Waals surface area contributed by atoms with Gasteiger partial charge in [-0.25, -0.2) is 14.6 Å². The van der Waals surface area contributed by atoms with E-state index in [0.29, 0.717) is 23.0 Å². The molecule has 0 atom stereocenters. The lowest BCUT2D eigenvalue weighted by Crippen LogP contribution is -2.29. The van der Waals surface area contributed by atoms with Crippen LogP contribution >= 0.6 is 0 Å². The fraction of sp³-hybridized carbons (Fsp3) is 0.190. The number of para-hydroxylation sites is 1. The van der Waals surface area contributed by atoms with Crippen LogP contribution < -0.4 is 10.6 Å². The normalized spacial score (nSPS) is 10.4. The summed E-state index contributed by atoms with van der Waals surface area (Å²) in [5.41, 5.74) is 3.30. The number of ether oxygens (including phenoxy) is 1. The van der Waals surface area contributed by atoms with E-state index in [1.54, 1.807) is 31.2 Å². The van der Waals surface area contributed by atoms with Crippen molar-refractivity contribution in [3.63, 3.8) is 0 Å². The van der Waals surface area contributed by atoms with Crippen LogP contribution in [0.4, 0.5) is 10.5 Å². The minimum Gasteiger partial charge on any atom is -0.465 e. The van der Waals surface area contributed by atoms with Gasteiger partial charge >= 0.3 is 12.0 Å². The van der Waals surface area contributed by atoms with Gasteiger partial charge in [0.2, 0.25) is 5.89 Å². The topological polar surface area (TPSA) is 93.5 Å². The van der Waals surface area contributed by atoms with Gasteiger partial charge in [0.15, 0.2) is 0 Å². The van der Waals surface area contributed by atoms with E-state index in [0.717, 1.165) is 11.1 Å². The predicted octanol–water partition coefficient (Wildman–Crippen LogP) is 4.07. The van der Waals surface area contributed by atoms with Crippen LogP contribution in [0.15, 0.2) is 52.9 Å². The first-order chi connectivity index (χ1) is 13.5. The Morgan fingerprint density at radius 1 is 1.07 bits per heavy atom. The van der Waals surface area contributed by atoms with Gasteiger partial charge in [0.05, 0.1) is 24.9 Å². The number of anilines is 1. The SMILES string of the molecule is COC(=O)c1ccccc1NC(=O)NCc1nc(-c2ccc(C)cc2)oc1C. The number of carbonyl (C=O) groups excluding carboxylic acids is 2. The quantitative estimate of drug-likeness (QED) is 0.652. The zero-order chi connectivity index (χ0) is 20.1. The van der Waals surface area contributed by atoms with E-state index in [9.17, 15) is 9.59 Å². The van der Waals surface area contributed by atoms with E-state index < -0.39 is 12.0 Å². The number of benzene rings is 2. The maximum Gasteiger partial charge on any atom is 0.339 e. The Morgan fingerprint density at radius 3 is 2.50 bits per heavy atom. The average Bonchev–Trinajstić information content (AvgIpc) is 3.07. The summed E-state index contributed by atoms with van der Waals surface area (Å²) >= 11 is 0. The zero-order valence-electron chi connectivity index (χ0n) is 15.9. The van der Waals surface area contributed by atoms with E-state index in [1.165, 1.54) is 7.11 Å².